The van der Waals surface area contributed by atoms with Crippen molar-refractivity contribution in [3.05, 3.63) is 54.0 Å². The van der Waals surface area contributed by atoms with E-state index in [-0.39, 0.29) is 29.5 Å². The summed E-state index contributed by atoms with van der Waals surface area (Å²) in [6.07, 6.45) is -0.585. The smallest absolute Gasteiger partial charge is 0.422 e. The Balaban J connectivity index is 1.34. The van der Waals surface area contributed by atoms with Gasteiger partial charge in [-0.2, -0.15) is 18.3 Å². The summed E-state index contributed by atoms with van der Waals surface area (Å²) < 4.78 is 43.1. The minimum absolute atomic E-state index is 0.0300. The second kappa shape index (κ2) is 7.62. The van der Waals surface area contributed by atoms with E-state index < -0.39 is 12.8 Å². The first-order valence-electron chi connectivity index (χ1n) is 9.59. The van der Waals surface area contributed by atoms with Gasteiger partial charge in [0.05, 0.1) is 29.6 Å². The molecule has 2 unspecified atom stereocenters. The molecule has 0 aliphatic heterocycles. The summed E-state index contributed by atoms with van der Waals surface area (Å²) in [7, 11) is 1.89. The van der Waals surface area contributed by atoms with Crippen LogP contribution in [0.4, 0.5) is 13.2 Å². The quantitative estimate of drug-likeness (QED) is 0.660. The van der Waals surface area contributed by atoms with Gasteiger partial charge in [-0.1, -0.05) is 12.1 Å². The van der Waals surface area contributed by atoms with Crippen molar-refractivity contribution >= 4 is 16.8 Å². The van der Waals surface area contributed by atoms with Crippen molar-refractivity contribution in [2.45, 2.75) is 31.5 Å². The number of amides is 1. The lowest BCUT2D eigenvalue weighted by atomic mass is 10.1. The molecule has 6 nitrogen and oxygen atoms in total. The Morgan fingerprint density at radius 3 is 2.80 bits per heavy atom. The zero-order valence-corrected chi connectivity index (χ0v) is 16.5. The third-order valence-electron chi connectivity index (χ3n) is 5.29. The van der Waals surface area contributed by atoms with E-state index in [9.17, 15) is 18.0 Å². The number of ether oxygens (including phenoxy) is 1. The van der Waals surface area contributed by atoms with Crippen LogP contribution in [0.3, 0.4) is 0 Å². The SMILES string of the molecule is C[C@@H](NC(=O)C1CC1c1ccc2cnn(C)c2c1)c1ccc(OCC(F)(F)F)cn1. The molecule has 9 heteroatoms. The van der Waals surface area contributed by atoms with Crippen molar-refractivity contribution in [3.63, 3.8) is 0 Å². The molecule has 0 bridgehead atoms. The van der Waals surface area contributed by atoms with Crippen LogP contribution in [0.15, 0.2) is 42.7 Å². The van der Waals surface area contributed by atoms with E-state index in [0.717, 1.165) is 22.9 Å². The summed E-state index contributed by atoms with van der Waals surface area (Å²) in [5, 5.41) is 8.24. The Morgan fingerprint density at radius 1 is 1.30 bits per heavy atom. The molecule has 1 N–H and O–H groups in total. The minimum atomic E-state index is -4.40. The van der Waals surface area contributed by atoms with Gasteiger partial charge in [0.2, 0.25) is 5.91 Å². The summed E-state index contributed by atoms with van der Waals surface area (Å²) in [5.74, 6) is 0.0364. The normalized spacial score (nSPS) is 19.5. The van der Waals surface area contributed by atoms with Crippen LogP contribution >= 0.6 is 0 Å². The Hall–Kier alpha value is -3.10. The second-order valence-corrected chi connectivity index (χ2v) is 7.59. The molecule has 1 aliphatic rings. The van der Waals surface area contributed by atoms with Gasteiger partial charge in [-0.3, -0.25) is 14.5 Å². The Labute approximate surface area is 171 Å². The van der Waals surface area contributed by atoms with Gasteiger partial charge < -0.3 is 10.1 Å². The zero-order chi connectivity index (χ0) is 21.5. The monoisotopic (exact) mass is 418 g/mol. The fourth-order valence-corrected chi connectivity index (χ4v) is 3.54. The molecule has 1 saturated carbocycles. The largest absolute Gasteiger partial charge is 0.483 e. The van der Waals surface area contributed by atoms with Crippen molar-refractivity contribution in [3.8, 4) is 5.75 Å². The molecule has 2 heterocycles. The van der Waals surface area contributed by atoms with E-state index in [2.05, 4.69) is 26.2 Å². The number of fused-ring (bicyclic) bond motifs is 1. The van der Waals surface area contributed by atoms with E-state index >= 15 is 0 Å². The van der Waals surface area contributed by atoms with Gasteiger partial charge in [0.15, 0.2) is 6.61 Å². The number of carbonyl (C=O) groups is 1. The van der Waals surface area contributed by atoms with Crippen molar-refractivity contribution in [2.24, 2.45) is 13.0 Å². The third-order valence-corrected chi connectivity index (χ3v) is 5.29. The van der Waals surface area contributed by atoms with E-state index in [1.54, 1.807) is 13.0 Å². The molecular formula is C21H21F3N4O2. The first-order valence-corrected chi connectivity index (χ1v) is 9.59. The highest BCUT2D eigenvalue weighted by atomic mass is 19.4. The number of pyridine rings is 1. The molecule has 158 valence electrons. The van der Waals surface area contributed by atoms with Gasteiger partial charge in [-0.15, -0.1) is 0 Å². The maximum absolute atomic E-state index is 12.6. The fourth-order valence-electron chi connectivity index (χ4n) is 3.54. The number of alkyl halides is 3. The molecule has 3 aromatic rings. The molecule has 30 heavy (non-hydrogen) atoms. The molecular weight excluding hydrogens is 397 g/mol. The summed E-state index contributed by atoms with van der Waals surface area (Å²) in [4.78, 5) is 16.7. The van der Waals surface area contributed by atoms with Gasteiger partial charge in [0, 0.05) is 18.4 Å². The molecule has 0 saturated heterocycles. The lowest BCUT2D eigenvalue weighted by Gasteiger charge is -2.14. The number of hydrogen-bond acceptors (Lipinski definition) is 4. The number of carbonyl (C=O) groups excluding carboxylic acids is 1. The number of halogens is 3. The molecule has 0 radical (unpaired) electrons. The Morgan fingerprint density at radius 2 is 2.10 bits per heavy atom. The van der Waals surface area contributed by atoms with Gasteiger partial charge in [0.1, 0.15) is 5.75 Å². The van der Waals surface area contributed by atoms with Crippen LogP contribution < -0.4 is 10.1 Å². The van der Waals surface area contributed by atoms with Crippen LogP contribution in [0.2, 0.25) is 0 Å². The van der Waals surface area contributed by atoms with E-state index in [1.807, 2.05) is 30.1 Å². The predicted octanol–water partition coefficient (Wildman–Crippen LogP) is 3.89. The van der Waals surface area contributed by atoms with Crippen LogP contribution in [-0.4, -0.2) is 33.5 Å². The predicted molar refractivity (Wildman–Crippen MR) is 104 cm³/mol. The maximum Gasteiger partial charge on any atom is 0.422 e. The van der Waals surface area contributed by atoms with Crippen molar-refractivity contribution in [1.29, 1.82) is 0 Å². The average Bonchev–Trinajstić information content (AvgIpc) is 3.43. The number of aryl methyl sites for hydroxylation is 1. The van der Waals surface area contributed by atoms with Gasteiger partial charge in [-0.05, 0) is 43.0 Å². The zero-order valence-electron chi connectivity index (χ0n) is 16.5. The van der Waals surface area contributed by atoms with Gasteiger partial charge in [0.25, 0.3) is 0 Å². The highest BCUT2D eigenvalue weighted by molar-refractivity contribution is 5.84. The fraction of sp³-hybridized carbons (Fsp3) is 0.381. The molecule has 3 atom stereocenters. The first-order chi connectivity index (χ1) is 14.2. The van der Waals surface area contributed by atoms with Crippen LogP contribution in [0.1, 0.15) is 36.6 Å². The lowest BCUT2D eigenvalue weighted by molar-refractivity contribution is -0.153. The number of rotatable bonds is 6. The van der Waals surface area contributed by atoms with Crippen LogP contribution in [-0.2, 0) is 11.8 Å². The standard InChI is InChI=1S/C21H21F3N4O2/c1-12(18-6-5-15(10-25-18)30-11-21(22,23)24)27-20(29)17-8-16(17)13-3-4-14-9-26-28(2)19(14)7-13/h3-7,9-10,12,16-17H,8,11H2,1-2H3,(H,27,29)/t12-,16?,17?/m1/s1. The van der Waals surface area contributed by atoms with Crippen molar-refractivity contribution < 1.29 is 22.7 Å². The highest BCUT2D eigenvalue weighted by Gasteiger charge is 2.44. The van der Waals surface area contributed by atoms with Crippen LogP contribution in [0.25, 0.3) is 10.9 Å². The summed E-state index contributed by atoms with van der Waals surface area (Å²) in [5.41, 5.74) is 2.70. The number of nitrogens with zero attached hydrogens (tertiary/aromatic N) is 3. The highest BCUT2D eigenvalue weighted by Crippen LogP contribution is 2.48. The van der Waals surface area contributed by atoms with Gasteiger partial charge >= 0.3 is 6.18 Å². The Kier molecular flexibility index (Phi) is 5.13. The maximum atomic E-state index is 12.6. The first kappa shape index (κ1) is 20.2. The third kappa shape index (κ3) is 4.39. The summed E-state index contributed by atoms with van der Waals surface area (Å²) >= 11 is 0. The molecule has 1 amide bonds. The molecule has 1 aromatic carbocycles. The average molecular weight is 418 g/mol. The number of nitrogens with one attached hydrogen (secondary N) is 1. The summed E-state index contributed by atoms with van der Waals surface area (Å²) in [6, 6.07) is 8.73. The molecule has 2 aromatic heterocycles. The van der Waals surface area contributed by atoms with E-state index in [0.29, 0.717) is 5.69 Å². The molecule has 1 fully saturated rings. The molecule has 4 rings (SSSR count). The number of benzene rings is 1. The van der Waals surface area contributed by atoms with Crippen molar-refractivity contribution in [2.75, 3.05) is 6.61 Å². The topological polar surface area (TPSA) is 69.0 Å². The molecule has 1 aliphatic carbocycles. The molecule has 0 spiro atoms. The lowest BCUT2D eigenvalue weighted by Crippen LogP contribution is -2.29. The second-order valence-electron chi connectivity index (χ2n) is 7.59. The summed E-state index contributed by atoms with van der Waals surface area (Å²) in [6.45, 7) is 0.420. The van der Waals surface area contributed by atoms with Gasteiger partial charge in [-0.25, -0.2) is 0 Å². The van der Waals surface area contributed by atoms with E-state index in [1.165, 1.54) is 12.3 Å². The van der Waals surface area contributed by atoms with Crippen LogP contribution in [0.5, 0.6) is 5.75 Å². The van der Waals surface area contributed by atoms with Crippen LogP contribution in [0, 0.1) is 5.92 Å². The number of aromatic nitrogens is 3. The minimum Gasteiger partial charge on any atom is -0.483 e. The number of hydrogen-bond donors (Lipinski definition) is 1. The van der Waals surface area contributed by atoms with Crippen molar-refractivity contribution in [1.82, 2.24) is 20.1 Å². The Bertz CT molecular complexity index is 1060. The van der Waals surface area contributed by atoms with E-state index in [4.69, 9.17) is 0 Å².